The second-order valence-corrected chi connectivity index (χ2v) is 6.36. The van der Waals surface area contributed by atoms with Crippen LogP contribution in [0.1, 0.15) is 50.4 Å². The van der Waals surface area contributed by atoms with Gasteiger partial charge in [-0.05, 0) is 51.3 Å². The Balaban J connectivity index is 2.22. The van der Waals surface area contributed by atoms with E-state index in [1.807, 2.05) is 20.8 Å². The number of carboxylic acids is 1. The van der Waals surface area contributed by atoms with Crippen molar-refractivity contribution in [3.8, 4) is 11.5 Å². The molecule has 1 aromatic carbocycles. The number of nitrogens with zero attached hydrogens (tertiary/aromatic N) is 1. The summed E-state index contributed by atoms with van der Waals surface area (Å²) >= 11 is 0. The van der Waals surface area contributed by atoms with Crippen LogP contribution in [0.5, 0.6) is 11.5 Å². The van der Waals surface area contributed by atoms with E-state index in [2.05, 4.69) is 0 Å². The summed E-state index contributed by atoms with van der Waals surface area (Å²) in [7, 11) is 0. The van der Waals surface area contributed by atoms with Crippen LogP contribution in [0.4, 0.5) is 0 Å². The van der Waals surface area contributed by atoms with Gasteiger partial charge in [-0.15, -0.1) is 0 Å². The van der Waals surface area contributed by atoms with Crippen LogP contribution in [0.3, 0.4) is 0 Å². The quantitative estimate of drug-likeness (QED) is 0.818. The molecule has 1 aromatic rings. The summed E-state index contributed by atoms with van der Waals surface area (Å²) in [6.45, 7) is 7.15. The van der Waals surface area contributed by atoms with Crippen molar-refractivity contribution in [2.45, 2.75) is 46.1 Å². The van der Waals surface area contributed by atoms with Gasteiger partial charge >= 0.3 is 5.97 Å². The van der Waals surface area contributed by atoms with E-state index in [-0.39, 0.29) is 18.5 Å². The highest BCUT2D eigenvalue weighted by Crippen LogP contribution is 2.31. The molecule has 1 aliphatic heterocycles. The van der Waals surface area contributed by atoms with Gasteiger partial charge in [-0.2, -0.15) is 0 Å². The average Bonchev–Trinajstić information content (AvgIpc) is 2.60. The van der Waals surface area contributed by atoms with Crippen molar-refractivity contribution in [1.82, 2.24) is 4.90 Å². The third-order valence-corrected chi connectivity index (χ3v) is 4.44. The highest BCUT2D eigenvalue weighted by Gasteiger charge is 2.33. The molecule has 0 aliphatic carbocycles. The Hall–Kier alpha value is -2.24. The fraction of sp³-hybridized carbons (Fsp3) is 0.579. The summed E-state index contributed by atoms with van der Waals surface area (Å²) in [4.78, 5) is 25.8. The zero-order valence-electron chi connectivity index (χ0n) is 15.2. The minimum absolute atomic E-state index is 0.0228. The minimum atomic E-state index is -0.844. The summed E-state index contributed by atoms with van der Waals surface area (Å²) in [6, 6.07) is 5.17. The van der Waals surface area contributed by atoms with E-state index in [1.54, 1.807) is 23.1 Å². The van der Waals surface area contributed by atoms with Gasteiger partial charge in [-0.3, -0.25) is 9.59 Å². The van der Waals surface area contributed by atoms with Gasteiger partial charge in [0, 0.05) is 18.2 Å². The van der Waals surface area contributed by atoms with E-state index in [1.165, 1.54) is 0 Å². The van der Waals surface area contributed by atoms with Crippen LogP contribution in [0.15, 0.2) is 18.2 Å². The molecule has 1 fully saturated rings. The van der Waals surface area contributed by atoms with Gasteiger partial charge in [0.15, 0.2) is 11.5 Å². The minimum Gasteiger partial charge on any atom is -0.490 e. The van der Waals surface area contributed by atoms with Crippen LogP contribution in [0.2, 0.25) is 0 Å². The Morgan fingerprint density at radius 2 is 1.96 bits per heavy atom. The maximum atomic E-state index is 12.9. The number of benzene rings is 1. The number of piperidine rings is 1. The maximum Gasteiger partial charge on any atom is 0.308 e. The first-order chi connectivity index (χ1) is 12.0. The first-order valence-electron chi connectivity index (χ1n) is 8.91. The van der Waals surface area contributed by atoms with Crippen LogP contribution in [0, 0.1) is 5.92 Å². The van der Waals surface area contributed by atoms with E-state index < -0.39 is 11.9 Å². The highest BCUT2D eigenvalue weighted by molar-refractivity contribution is 5.95. The van der Waals surface area contributed by atoms with Gasteiger partial charge in [0.25, 0.3) is 5.91 Å². The first-order valence-corrected chi connectivity index (χ1v) is 8.91. The van der Waals surface area contributed by atoms with Crippen LogP contribution in [0.25, 0.3) is 0 Å². The fourth-order valence-electron chi connectivity index (χ4n) is 3.00. The van der Waals surface area contributed by atoms with Gasteiger partial charge in [0.05, 0.1) is 19.1 Å². The van der Waals surface area contributed by atoms with Gasteiger partial charge in [-0.25, -0.2) is 0 Å². The molecule has 1 aliphatic rings. The molecule has 0 bridgehead atoms. The van der Waals surface area contributed by atoms with Crippen molar-refractivity contribution in [2.24, 2.45) is 5.92 Å². The van der Waals surface area contributed by atoms with Crippen LogP contribution < -0.4 is 9.47 Å². The number of carboxylic acid groups (broad SMARTS) is 1. The predicted molar refractivity (Wildman–Crippen MR) is 94.3 cm³/mol. The van der Waals surface area contributed by atoms with E-state index in [0.717, 1.165) is 6.42 Å². The Kier molecular flexibility index (Phi) is 6.67. The number of rotatable bonds is 7. The van der Waals surface area contributed by atoms with Crippen molar-refractivity contribution < 1.29 is 24.2 Å². The lowest BCUT2D eigenvalue weighted by atomic mass is 9.93. The van der Waals surface area contributed by atoms with E-state index in [0.29, 0.717) is 43.1 Å². The summed E-state index contributed by atoms with van der Waals surface area (Å²) in [5.74, 6) is -0.347. The third kappa shape index (κ3) is 4.65. The molecule has 138 valence electrons. The predicted octanol–water partition coefficient (Wildman–Crippen LogP) is 3.20. The smallest absolute Gasteiger partial charge is 0.308 e. The van der Waals surface area contributed by atoms with E-state index in [4.69, 9.17) is 9.47 Å². The van der Waals surface area contributed by atoms with Crippen LogP contribution in [-0.2, 0) is 4.79 Å². The summed E-state index contributed by atoms with van der Waals surface area (Å²) in [6.07, 6.45) is 2.18. The molecule has 2 rings (SSSR count). The van der Waals surface area contributed by atoms with Gasteiger partial charge < -0.3 is 19.5 Å². The Morgan fingerprint density at radius 3 is 2.60 bits per heavy atom. The maximum absolute atomic E-state index is 12.9. The Bertz CT molecular complexity index is 616. The molecule has 2 atom stereocenters. The molecule has 0 aromatic heterocycles. The van der Waals surface area contributed by atoms with Crippen molar-refractivity contribution in [1.29, 1.82) is 0 Å². The zero-order chi connectivity index (χ0) is 18.4. The van der Waals surface area contributed by atoms with Gasteiger partial charge in [0.1, 0.15) is 0 Å². The highest BCUT2D eigenvalue weighted by atomic mass is 16.5. The van der Waals surface area contributed by atoms with Crippen molar-refractivity contribution in [3.63, 3.8) is 0 Å². The largest absolute Gasteiger partial charge is 0.490 e. The SMILES string of the molecule is CCCOc1ccc(C(=O)N2CC(C(=O)O)CCC2C)cc1OCC. The second-order valence-electron chi connectivity index (χ2n) is 6.36. The summed E-state index contributed by atoms with van der Waals surface area (Å²) in [5.41, 5.74) is 0.491. The molecule has 1 saturated heterocycles. The average molecular weight is 349 g/mol. The number of aliphatic carboxylic acids is 1. The van der Waals surface area contributed by atoms with Crippen molar-refractivity contribution in [2.75, 3.05) is 19.8 Å². The molecule has 2 unspecified atom stereocenters. The topological polar surface area (TPSA) is 76.1 Å². The van der Waals surface area contributed by atoms with E-state index >= 15 is 0 Å². The number of ether oxygens (including phenoxy) is 2. The lowest BCUT2D eigenvalue weighted by molar-refractivity contribution is -0.143. The number of carbonyl (C=O) groups is 2. The zero-order valence-corrected chi connectivity index (χ0v) is 15.2. The lowest BCUT2D eigenvalue weighted by Crippen LogP contribution is -2.47. The molecule has 25 heavy (non-hydrogen) atoms. The fourth-order valence-corrected chi connectivity index (χ4v) is 3.00. The number of likely N-dealkylation sites (tertiary alicyclic amines) is 1. The molecule has 1 heterocycles. The molecular formula is C19H27NO5. The molecular weight excluding hydrogens is 322 g/mol. The summed E-state index contributed by atoms with van der Waals surface area (Å²) in [5, 5.41) is 9.25. The molecule has 1 N–H and O–H groups in total. The molecule has 0 spiro atoms. The van der Waals surface area contributed by atoms with Crippen molar-refractivity contribution in [3.05, 3.63) is 23.8 Å². The Morgan fingerprint density at radius 1 is 1.20 bits per heavy atom. The monoisotopic (exact) mass is 349 g/mol. The number of hydrogen-bond acceptors (Lipinski definition) is 4. The standard InChI is InChI=1S/C19H27NO5/c1-4-10-25-16-9-8-14(11-17(16)24-5-2)18(21)20-12-15(19(22)23)7-6-13(20)3/h8-9,11,13,15H,4-7,10,12H2,1-3H3,(H,22,23). The summed E-state index contributed by atoms with van der Waals surface area (Å²) < 4.78 is 11.3. The first kappa shape index (κ1) is 19.1. The Labute approximate surface area is 148 Å². The molecule has 0 radical (unpaired) electrons. The third-order valence-electron chi connectivity index (χ3n) is 4.44. The second kappa shape index (κ2) is 8.74. The van der Waals surface area contributed by atoms with Gasteiger partial charge in [0.2, 0.25) is 0 Å². The van der Waals surface area contributed by atoms with Crippen LogP contribution in [-0.4, -0.2) is 47.7 Å². The normalized spacial score (nSPS) is 20.2. The van der Waals surface area contributed by atoms with E-state index in [9.17, 15) is 14.7 Å². The number of hydrogen-bond donors (Lipinski definition) is 1. The lowest BCUT2D eigenvalue weighted by Gasteiger charge is -2.36. The molecule has 6 heteroatoms. The molecule has 1 amide bonds. The number of carbonyl (C=O) groups excluding carboxylic acids is 1. The number of amides is 1. The van der Waals surface area contributed by atoms with Crippen molar-refractivity contribution >= 4 is 11.9 Å². The molecule has 6 nitrogen and oxygen atoms in total. The molecule has 0 saturated carbocycles. The van der Waals surface area contributed by atoms with Gasteiger partial charge in [-0.1, -0.05) is 6.92 Å². The van der Waals surface area contributed by atoms with Crippen LogP contribution >= 0.6 is 0 Å².